The van der Waals surface area contributed by atoms with Crippen molar-refractivity contribution in [1.82, 2.24) is 4.98 Å². The van der Waals surface area contributed by atoms with Crippen molar-refractivity contribution in [3.05, 3.63) is 53.1 Å². The molecule has 0 saturated heterocycles. The molecule has 0 bridgehead atoms. The van der Waals surface area contributed by atoms with E-state index in [9.17, 15) is 0 Å². The van der Waals surface area contributed by atoms with Crippen molar-refractivity contribution >= 4 is 38.2 Å². The summed E-state index contributed by atoms with van der Waals surface area (Å²) in [5.74, 6) is 1.52. The van der Waals surface area contributed by atoms with Crippen LogP contribution >= 0.6 is 15.9 Å². The van der Waals surface area contributed by atoms with Crippen molar-refractivity contribution in [3.8, 4) is 11.5 Å². The van der Waals surface area contributed by atoms with E-state index in [0.29, 0.717) is 0 Å². The van der Waals surface area contributed by atoms with Crippen LogP contribution in [-0.2, 0) is 0 Å². The van der Waals surface area contributed by atoms with Gasteiger partial charge in [0.15, 0.2) is 0 Å². The summed E-state index contributed by atoms with van der Waals surface area (Å²) in [6.07, 6.45) is 1.78. The Morgan fingerprint density at radius 2 is 1.82 bits per heavy atom. The van der Waals surface area contributed by atoms with Gasteiger partial charge in [0.05, 0.1) is 25.4 Å². The van der Waals surface area contributed by atoms with Crippen molar-refractivity contribution in [1.29, 1.82) is 0 Å². The quantitative estimate of drug-likeness (QED) is 0.730. The Kier molecular flexibility index (Phi) is 4.15. The standard InChI is InChI=1S/C17H15BrN2O2/c1-21-12-4-6-17(22-2)16(10-12)20-15-7-8-19-14-5-3-11(18)9-13(14)15/h3-10H,1-2H3,(H,19,20). The zero-order valence-corrected chi connectivity index (χ0v) is 13.8. The lowest BCUT2D eigenvalue weighted by Crippen LogP contribution is -1.97. The molecular weight excluding hydrogens is 344 g/mol. The van der Waals surface area contributed by atoms with Gasteiger partial charge in [-0.15, -0.1) is 0 Å². The molecule has 0 saturated carbocycles. The fourth-order valence-corrected chi connectivity index (χ4v) is 2.65. The predicted molar refractivity (Wildman–Crippen MR) is 92.3 cm³/mol. The zero-order valence-electron chi connectivity index (χ0n) is 12.3. The molecule has 0 amide bonds. The lowest BCUT2D eigenvalue weighted by atomic mass is 10.1. The summed E-state index contributed by atoms with van der Waals surface area (Å²) < 4.78 is 11.7. The SMILES string of the molecule is COc1ccc(OC)c(Nc2ccnc3ccc(Br)cc23)c1. The molecule has 22 heavy (non-hydrogen) atoms. The summed E-state index contributed by atoms with van der Waals surface area (Å²) in [6.45, 7) is 0. The molecule has 4 nitrogen and oxygen atoms in total. The number of aromatic nitrogens is 1. The summed E-state index contributed by atoms with van der Waals surface area (Å²) in [6, 6.07) is 13.6. The third-order valence-corrected chi connectivity index (χ3v) is 3.87. The van der Waals surface area contributed by atoms with E-state index in [2.05, 4.69) is 26.2 Å². The fraction of sp³-hybridized carbons (Fsp3) is 0.118. The molecule has 3 aromatic rings. The monoisotopic (exact) mass is 358 g/mol. The van der Waals surface area contributed by atoms with E-state index in [1.807, 2.05) is 42.5 Å². The minimum Gasteiger partial charge on any atom is -0.497 e. The number of anilines is 2. The Hall–Kier alpha value is -2.27. The van der Waals surface area contributed by atoms with Gasteiger partial charge in [0.2, 0.25) is 0 Å². The maximum absolute atomic E-state index is 5.41. The number of fused-ring (bicyclic) bond motifs is 1. The summed E-state index contributed by atoms with van der Waals surface area (Å²) in [4.78, 5) is 4.38. The van der Waals surface area contributed by atoms with Crippen LogP contribution in [0.4, 0.5) is 11.4 Å². The lowest BCUT2D eigenvalue weighted by Gasteiger charge is -2.14. The van der Waals surface area contributed by atoms with Crippen molar-refractivity contribution < 1.29 is 9.47 Å². The summed E-state index contributed by atoms with van der Waals surface area (Å²) in [5.41, 5.74) is 2.72. The normalized spacial score (nSPS) is 10.5. The molecule has 1 heterocycles. The number of nitrogens with zero attached hydrogens (tertiary/aromatic N) is 1. The Bertz CT molecular complexity index is 821. The van der Waals surface area contributed by atoms with Crippen LogP contribution in [0.2, 0.25) is 0 Å². The Morgan fingerprint density at radius 3 is 2.59 bits per heavy atom. The van der Waals surface area contributed by atoms with Crippen LogP contribution in [0.5, 0.6) is 11.5 Å². The smallest absolute Gasteiger partial charge is 0.142 e. The molecule has 0 fully saturated rings. The van der Waals surface area contributed by atoms with Gasteiger partial charge >= 0.3 is 0 Å². The van der Waals surface area contributed by atoms with Crippen molar-refractivity contribution in [2.45, 2.75) is 0 Å². The van der Waals surface area contributed by atoms with Crippen molar-refractivity contribution in [2.75, 3.05) is 19.5 Å². The number of methoxy groups -OCH3 is 2. The maximum Gasteiger partial charge on any atom is 0.142 e. The number of ether oxygens (including phenoxy) is 2. The molecule has 0 aliphatic rings. The van der Waals surface area contributed by atoms with Gasteiger partial charge < -0.3 is 14.8 Å². The molecule has 0 radical (unpaired) electrons. The highest BCUT2D eigenvalue weighted by Crippen LogP contribution is 2.34. The van der Waals surface area contributed by atoms with Gasteiger partial charge in [-0.05, 0) is 36.4 Å². The maximum atomic E-state index is 5.41. The second-order valence-electron chi connectivity index (χ2n) is 4.71. The number of halogens is 1. The Labute approximate surface area is 137 Å². The second-order valence-corrected chi connectivity index (χ2v) is 5.63. The zero-order chi connectivity index (χ0) is 15.5. The third-order valence-electron chi connectivity index (χ3n) is 3.38. The number of nitrogens with one attached hydrogen (secondary N) is 1. The molecule has 0 aliphatic heterocycles. The van der Waals surface area contributed by atoms with E-state index in [1.165, 1.54) is 0 Å². The predicted octanol–water partition coefficient (Wildman–Crippen LogP) is 4.76. The van der Waals surface area contributed by atoms with E-state index in [4.69, 9.17) is 9.47 Å². The first kappa shape index (κ1) is 14.7. The molecule has 5 heteroatoms. The van der Waals surface area contributed by atoms with Crippen LogP contribution in [-0.4, -0.2) is 19.2 Å². The molecule has 112 valence electrons. The van der Waals surface area contributed by atoms with Crippen LogP contribution in [0.1, 0.15) is 0 Å². The van der Waals surface area contributed by atoms with Gasteiger partial charge in [0.1, 0.15) is 11.5 Å². The highest BCUT2D eigenvalue weighted by Gasteiger charge is 2.08. The molecule has 0 unspecified atom stereocenters. The number of hydrogen-bond donors (Lipinski definition) is 1. The van der Waals surface area contributed by atoms with Crippen LogP contribution in [0.25, 0.3) is 10.9 Å². The minimum atomic E-state index is 0.751. The highest BCUT2D eigenvalue weighted by molar-refractivity contribution is 9.10. The molecular formula is C17H15BrN2O2. The van der Waals surface area contributed by atoms with E-state index in [1.54, 1.807) is 20.4 Å². The summed E-state index contributed by atoms with van der Waals surface area (Å²) in [7, 11) is 3.29. The largest absolute Gasteiger partial charge is 0.497 e. The van der Waals surface area contributed by atoms with Gasteiger partial charge in [-0.2, -0.15) is 0 Å². The van der Waals surface area contributed by atoms with Gasteiger partial charge in [-0.25, -0.2) is 0 Å². The van der Waals surface area contributed by atoms with E-state index < -0.39 is 0 Å². The minimum absolute atomic E-state index is 0.751. The average molecular weight is 359 g/mol. The highest BCUT2D eigenvalue weighted by atomic mass is 79.9. The second kappa shape index (κ2) is 6.23. The van der Waals surface area contributed by atoms with Gasteiger partial charge in [-0.3, -0.25) is 4.98 Å². The third kappa shape index (κ3) is 2.85. The van der Waals surface area contributed by atoms with Crippen molar-refractivity contribution in [2.24, 2.45) is 0 Å². The number of pyridine rings is 1. The van der Waals surface area contributed by atoms with E-state index in [-0.39, 0.29) is 0 Å². The molecule has 0 aliphatic carbocycles. The van der Waals surface area contributed by atoms with Crippen LogP contribution in [0.15, 0.2) is 53.1 Å². The average Bonchev–Trinajstić information content (AvgIpc) is 2.55. The molecule has 1 aromatic heterocycles. The first-order chi connectivity index (χ1) is 10.7. The van der Waals surface area contributed by atoms with E-state index in [0.717, 1.165) is 38.2 Å². The molecule has 0 atom stereocenters. The van der Waals surface area contributed by atoms with Crippen molar-refractivity contribution in [3.63, 3.8) is 0 Å². The van der Waals surface area contributed by atoms with Gasteiger partial charge in [-0.1, -0.05) is 15.9 Å². The summed E-state index contributed by atoms with van der Waals surface area (Å²) in [5, 5.41) is 4.43. The first-order valence-corrected chi connectivity index (χ1v) is 7.54. The van der Waals surface area contributed by atoms with Crippen LogP contribution < -0.4 is 14.8 Å². The topological polar surface area (TPSA) is 43.4 Å². The number of hydrogen-bond acceptors (Lipinski definition) is 4. The number of benzene rings is 2. The number of rotatable bonds is 4. The summed E-state index contributed by atoms with van der Waals surface area (Å²) >= 11 is 3.50. The molecule has 3 rings (SSSR count). The fourth-order valence-electron chi connectivity index (χ4n) is 2.28. The molecule has 1 N–H and O–H groups in total. The Morgan fingerprint density at radius 1 is 0.955 bits per heavy atom. The van der Waals surface area contributed by atoms with E-state index >= 15 is 0 Å². The molecule has 2 aromatic carbocycles. The van der Waals surface area contributed by atoms with Gasteiger partial charge in [0, 0.05) is 27.8 Å². The Balaban J connectivity index is 2.08. The first-order valence-electron chi connectivity index (χ1n) is 6.74. The van der Waals surface area contributed by atoms with Crippen LogP contribution in [0, 0.1) is 0 Å². The molecule has 0 spiro atoms. The van der Waals surface area contributed by atoms with Crippen LogP contribution in [0.3, 0.4) is 0 Å². The van der Waals surface area contributed by atoms with Gasteiger partial charge in [0.25, 0.3) is 0 Å². The lowest BCUT2D eigenvalue weighted by molar-refractivity contribution is 0.405.